The molecule has 0 aromatic heterocycles. The summed E-state index contributed by atoms with van der Waals surface area (Å²) in [6, 6.07) is 11.6. The fraction of sp³-hybridized carbons (Fsp3) is 0.263. The Kier molecular flexibility index (Phi) is 5.58. The number of carboxylic acids is 1. The van der Waals surface area contributed by atoms with Crippen molar-refractivity contribution in [1.82, 2.24) is 0 Å². The summed E-state index contributed by atoms with van der Waals surface area (Å²) in [5.74, 6) is -0.710. The van der Waals surface area contributed by atoms with Gasteiger partial charge in [-0.25, -0.2) is 4.79 Å². The van der Waals surface area contributed by atoms with E-state index in [-0.39, 0.29) is 17.6 Å². The zero-order valence-corrected chi connectivity index (χ0v) is 14.0. The van der Waals surface area contributed by atoms with Gasteiger partial charge >= 0.3 is 5.97 Å². The maximum atomic E-state index is 12.4. The molecular weight excluding hydrogens is 306 g/mol. The summed E-state index contributed by atoms with van der Waals surface area (Å²) >= 11 is 0. The summed E-state index contributed by atoms with van der Waals surface area (Å²) in [4.78, 5) is 23.5. The average molecular weight is 327 g/mol. The number of carboxylic acid groups (broad SMARTS) is 1. The van der Waals surface area contributed by atoms with Crippen LogP contribution in [-0.4, -0.2) is 23.1 Å². The number of anilines is 1. The molecule has 2 aromatic carbocycles. The number of nitrogens with one attached hydrogen (secondary N) is 1. The molecule has 1 atom stereocenters. The van der Waals surface area contributed by atoms with Crippen molar-refractivity contribution in [3.8, 4) is 5.75 Å². The van der Waals surface area contributed by atoms with E-state index in [4.69, 9.17) is 9.84 Å². The van der Waals surface area contributed by atoms with Gasteiger partial charge in [-0.15, -0.1) is 0 Å². The lowest BCUT2D eigenvalue weighted by atomic mass is 10.1. The van der Waals surface area contributed by atoms with Gasteiger partial charge < -0.3 is 15.2 Å². The fourth-order valence-corrected chi connectivity index (χ4v) is 2.11. The normalized spacial score (nSPS) is 11.6. The number of hydrogen-bond donors (Lipinski definition) is 2. The van der Waals surface area contributed by atoms with E-state index < -0.39 is 5.97 Å². The van der Waals surface area contributed by atoms with Crippen molar-refractivity contribution in [2.75, 3.05) is 5.32 Å². The molecule has 5 nitrogen and oxygen atoms in total. The van der Waals surface area contributed by atoms with Crippen molar-refractivity contribution < 1.29 is 19.4 Å². The Morgan fingerprint density at radius 3 is 2.58 bits per heavy atom. The Labute approximate surface area is 141 Å². The van der Waals surface area contributed by atoms with Crippen LogP contribution in [0.2, 0.25) is 0 Å². The number of benzene rings is 2. The lowest BCUT2D eigenvalue weighted by Gasteiger charge is -2.14. The number of amides is 1. The van der Waals surface area contributed by atoms with Crippen LogP contribution in [0.1, 0.15) is 46.5 Å². The molecule has 5 heteroatoms. The minimum atomic E-state index is -1.03. The highest BCUT2D eigenvalue weighted by atomic mass is 16.5. The summed E-state index contributed by atoms with van der Waals surface area (Å²) in [5, 5.41) is 11.8. The second kappa shape index (κ2) is 7.64. The standard InChI is InChI=1S/C19H21NO4/c1-4-13(3)24-16-7-5-6-14(10-16)18(21)20-17-11-15(19(22)23)9-8-12(17)2/h5-11,13H,4H2,1-3H3,(H,20,21)(H,22,23)/t13-/m0/s1. The fourth-order valence-electron chi connectivity index (χ4n) is 2.11. The number of hydrogen-bond acceptors (Lipinski definition) is 3. The molecular formula is C19H21NO4. The molecule has 24 heavy (non-hydrogen) atoms. The van der Waals surface area contributed by atoms with Crippen LogP contribution < -0.4 is 10.1 Å². The first-order valence-electron chi connectivity index (χ1n) is 7.82. The van der Waals surface area contributed by atoms with Gasteiger partial charge in [0.2, 0.25) is 0 Å². The maximum absolute atomic E-state index is 12.4. The number of carbonyl (C=O) groups is 2. The lowest BCUT2D eigenvalue weighted by molar-refractivity contribution is 0.0696. The molecule has 126 valence electrons. The van der Waals surface area contributed by atoms with E-state index in [0.29, 0.717) is 17.0 Å². The average Bonchev–Trinajstić information content (AvgIpc) is 2.56. The van der Waals surface area contributed by atoms with E-state index in [1.807, 2.05) is 20.8 Å². The Morgan fingerprint density at radius 1 is 1.17 bits per heavy atom. The van der Waals surface area contributed by atoms with Gasteiger partial charge in [0.25, 0.3) is 5.91 Å². The van der Waals surface area contributed by atoms with Crippen molar-refractivity contribution in [2.45, 2.75) is 33.3 Å². The van der Waals surface area contributed by atoms with E-state index in [0.717, 1.165) is 12.0 Å². The van der Waals surface area contributed by atoms with Crippen LogP contribution >= 0.6 is 0 Å². The van der Waals surface area contributed by atoms with Crippen molar-refractivity contribution in [2.24, 2.45) is 0 Å². The molecule has 0 radical (unpaired) electrons. The first-order chi connectivity index (χ1) is 11.4. The molecule has 0 heterocycles. The van der Waals surface area contributed by atoms with Gasteiger partial charge in [-0.3, -0.25) is 4.79 Å². The summed E-state index contributed by atoms with van der Waals surface area (Å²) in [6.45, 7) is 5.80. The topological polar surface area (TPSA) is 75.6 Å². The van der Waals surface area contributed by atoms with Crippen LogP contribution in [0.3, 0.4) is 0 Å². The molecule has 0 bridgehead atoms. The smallest absolute Gasteiger partial charge is 0.335 e. The lowest BCUT2D eigenvalue weighted by Crippen LogP contribution is -2.14. The Bertz CT molecular complexity index is 755. The van der Waals surface area contributed by atoms with Crippen molar-refractivity contribution in [3.63, 3.8) is 0 Å². The predicted octanol–water partition coefficient (Wildman–Crippen LogP) is 4.12. The SMILES string of the molecule is CC[C@H](C)Oc1cccc(C(=O)Nc2cc(C(=O)O)ccc2C)c1. The number of ether oxygens (including phenoxy) is 1. The summed E-state index contributed by atoms with van der Waals surface area (Å²) in [5.41, 5.74) is 1.86. The highest BCUT2D eigenvalue weighted by Gasteiger charge is 2.12. The highest BCUT2D eigenvalue weighted by molar-refractivity contribution is 6.05. The van der Waals surface area contributed by atoms with Gasteiger partial charge in [0, 0.05) is 11.3 Å². The third-order valence-electron chi connectivity index (χ3n) is 3.74. The zero-order valence-electron chi connectivity index (χ0n) is 14.0. The number of aryl methyl sites for hydroxylation is 1. The Hall–Kier alpha value is -2.82. The van der Waals surface area contributed by atoms with Crippen molar-refractivity contribution in [1.29, 1.82) is 0 Å². The van der Waals surface area contributed by atoms with Crippen molar-refractivity contribution in [3.05, 3.63) is 59.2 Å². The molecule has 2 N–H and O–H groups in total. The monoisotopic (exact) mass is 327 g/mol. The van der Waals surface area contributed by atoms with Crippen LogP contribution in [0.25, 0.3) is 0 Å². The molecule has 0 aliphatic heterocycles. The molecule has 2 aromatic rings. The molecule has 0 aliphatic carbocycles. The number of carbonyl (C=O) groups excluding carboxylic acids is 1. The summed E-state index contributed by atoms with van der Waals surface area (Å²) in [7, 11) is 0. The molecule has 0 saturated carbocycles. The van der Waals surface area contributed by atoms with E-state index in [1.54, 1.807) is 30.3 Å². The molecule has 0 aliphatic rings. The Balaban J connectivity index is 2.19. The van der Waals surface area contributed by atoms with E-state index in [9.17, 15) is 9.59 Å². The Morgan fingerprint density at radius 2 is 1.92 bits per heavy atom. The molecule has 0 saturated heterocycles. The molecule has 0 unspecified atom stereocenters. The van der Waals surface area contributed by atoms with Crippen LogP contribution in [0.15, 0.2) is 42.5 Å². The minimum Gasteiger partial charge on any atom is -0.491 e. The third-order valence-corrected chi connectivity index (χ3v) is 3.74. The van der Waals surface area contributed by atoms with Crippen LogP contribution in [-0.2, 0) is 0 Å². The molecule has 0 fully saturated rings. The molecule has 0 spiro atoms. The maximum Gasteiger partial charge on any atom is 0.335 e. The van der Waals surface area contributed by atoms with Crippen molar-refractivity contribution >= 4 is 17.6 Å². The first-order valence-corrected chi connectivity index (χ1v) is 7.82. The predicted molar refractivity (Wildman–Crippen MR) is 92.9 cm³/mol. The third kappa shape index (κ3) is 4.35. The van der Waals surface area contributed by atoms with E-state index in [2.05, 4.69) is 5.32 Å². The van der Waals surface area contributed by atoms with Gasteiger partial charge in [0.15, 0.2) is 0 Å². The first kappa shape index (κ1) is 17.5. The largest absolute Gasteiger partial charge is 0.491 e. The summed E-state index contributed by atoms with van der Waals surface area (Å²) in [6.07, 6.45) is 0.940. The van der Waals surface area contributed by atoms with E-state index in [1.165, 1.54) is 12.1 Å². The minimum absolute atomic E-state index is 0.0674. The van der Waals surface area contributed by atoms with Gasteiger partial charge in [-0.05, 0) is 56.2 Å². The van der Waals surface area contributed by atoms with Crippen LogP contribution in [0.5, 0.6) is 5.75 Å². The van der Waals surface area contributed by atoms with Gasteiger partial charge in [-0.1, -0.05) is 19.1 Å². The molecule has 2 rings (SSSR count). The second-order valence-electron chi connectivity index (χ2n) is 5.65. The number of rotatable bonds is 6. The highest BCUT2D eigenvalue weighted by Crippen LogP contribution is 2.20. The number of aromatic carboxylic acids is 1. The zero-order chi connectivity index (χ0) is 17.7. The van der Waals surface area contributed by atoms with Crippen LogP contribution in [0.4, 0.5) is 5.69 Å². The van der Waals surface area contributed by atoms with Gasteiger partial charge in [0.05, 0.1) is 11.7 Å². The summed E-state index contributed by atoms with van der Waals surface area (Å²) < 4.78 is 5.72. The quantitative estimate of drug-likeness (QED) is 0.836. The van der Waals surface area contributed by atoms with Gasteiger partial charge in [-0.2, -0.15) is 0 Å². The van der Waals surface area contributed by atoms with E-state index >= 15 is 0 Å². The van der Waals surface area contributed by atoms with Crippen LogP contribution in [0, 0.1) is 6.92 Å². The molecule has 1 amide bonds. The van der Waals surface area contributed by atoms with Gasteiger partial charge in [0.1, 0.15) is 5.75 Å². The second-order valence-corrected chi connectivity index (χ2v) is 5.65.